The monoisotopic (exact) mass is 167 g/mol. The van der Waals surface area contributed by atoms with E-state index >= 15 is 0 Å². The van der Waals surface area contributed by atoms with Crippen LogP contribution in [0.2, 0.25) is 0 Å². The lowest BCUT2D eigenvalue weighted by molar-refractivity contribution is -0.130. The molecule has 0 amide bonds. The third kappa shape index (κ3) is 1.28. The molecule has 1 aliphatic carbocycles. The van der Waals surface area contributed by atoms with Crippen molar-refractivity contribution in [2.75, 3.05) is 13.6 Å². The zero-order valence-corrected chi connectivity index (χ0v) is 7.75. The Morgan fingerprint density at radius 2 is 2.08 bits per heavy atom. The fraction of sp³-hybridized carbons (Fsp3) is 0.900. The van der Waals surface area contributed by atoms with Crippen LogP contribution in [-0.2, 0) is 4.79 Å². The van der Waals surface area contributed by atoms with Crippen LogP contribution in [0.3, 0.4) is 0 Å². The Bertz CT molecular complexity index is 190. The summed E-state index contributed by atoms with van der Waals surface area (Å²) in [5, 5.41) is 0. The number of Topliss-reactive ketones (excluding diaryl/α,β-unsaturated/α-hetero) is 1. The van der Waals surface area contributed by atoms with E-state index in [4.69, 9.17) is 0 Å². The number of fused-ring (bicyclic) bond motifs is 1. The van der Waals surface area contributed by atoms with Crippen LogP contribution in [0.5, 0.6) is 0 Å². The minimum Gasteiger partial charge on any atom is -0.302 e. The molecule has 0 aromatic rings. The maximum Gasteiger partial charge on any atom is 0.138 e. The molecule has 12 heavy (non-hydrogen) atoms. The van der Waals surface area contributed by atoms with Crippen molar-refractivity contribution < 1.29 is 4.79 Å². The number of carbonyl (C=O) groups excluding carboxylic acids is 1. The van der Waals surface area contributed by atoms with Crippen molar-refractivity contribution in [3.8, 4) is 0 Å². The van der Waals surface area contributed by atoms with Gasteiger partial charge in [-0.2, -0.15) is 0 Å². The van der Waals surface area contributed by atoms with Gasteiger partial charge in [-0.05, 0) is 19.9 Å². The Balaban J connectivity index is 2.11. The molecule has 0 bridgehead atoms. The van der Waals surface area contributed by atoms with Gasteiger partial charge in [0, 0.05) is 24.9 Å². The van der Waals surface area contributed by atoms with Gasteiger partial charge in [0.25, 0.3) is 0 Å². The summed E-state index contributed by atoms with van der Waals surface area (Å²) in [6.45, 7) is 0.986. The summed E-state index contributed by atoms with van der Waals surface area (Å²) in [6, 6.07) is 0.583. The summed E-state index contributed by atoms with van der Waals surface area (Å²) >= 11 is 0. The van der Waals surface area contributed by atoms with Crippen LogP contribution < -0.4 is 0 Å². The van der Waals surface area contributed by atoms with E-state index in [0.717, 1.165) is 19.4 Å². The Morgan fingerprint density at radius 1 is 1.33 bits per heavy atom. The highest BCUT2D eigenvalue weighted by Crippen LogP contribution is 2.32. The minimum absolute atomic E-state index is 0.387. The lowest BCUT2D eigenvalue weighted by Crippen LogP contribution is -2.48. The van der Waals surface area contributed by atoms with Gasteiger partial charge in [-0.3, -0.25) is 4.79 Å². The third-order valence-electron chi connectivity index (χ3n) is 3.42. The van der Waals surface area contributed by atoms with Crippen LogP contribution >= 0.6 is 0 Å². The van der Waals surface area contributed by atoms with Crippen LogP contribution in [0.25, 0.3) is 0 Å². The first-order valence-corrected chi connectivity index (χ1v) is 5.02. The van der Waals surface area contributed by atoms with E-state index in [0.29, 0.717) is 17.7 Å². The quantitative estimate of drug-likeness (QED) is 0.544. The van der Waals surface area contributed by atoms with Gasteiger partial charge in [-0.1, -0.05) is 12.8 Å². The molecular weight excluding hydrogens is 150 g/mol. The Morgan fingerprint density at radius 3 is 2.83 bits per heavy atom. The van der Waals surface area contributed by atoms with Gasteiger partial charge >= 0.3 is 0 Å². The Labute approximate surface area is 73.9 Å². The predicted molar refractivity (Wildman–Crippen MR) is 48.0 cm³/mol. The number of piperidine rings is 1. The molecular formula is C10H17NO. The first kappa shape index (κ1) is 8.24. The number of carbonyl (C=O) groups is 1. The molecule has 2 atom stereocenters. The van der Waals surface area contributed by atoms with Gasteiger partial charge in [0.05, 0.1) is 0 Å². The minimum atomic E-state index is 0.387. The van der Waals surface area contributed by atoms with Gasteiger partial charge < -0.3 is 4.90 Å². The molecule has 0 aromatic heterocycles. The number of likely N-dealkylation sites (tertiary alicyclic amines) is 1. The van der Waals surface area contributed by atoms with E-state index < -0.39 is 0 Å². The van der Waals surface area contributed by atoms with E-state index in [1.54, 1.807) is 0 Å². The normalized spacial score (nSPS) is 37.9. The van der Waals surface area contributed by atoms with Crippen molar-refractivity contribution >= 4 is 5.78 Å². The van der Waals surface area contributed by atoms with Crippen molar-refractivity contribution in [1.29, 1.82) is 0 Å². The third-order valence-corrected chi connectivity index (χ3v) is 3.42. The van der Waals surface area contributed by atoms with Crippen molar-refractivity contribution in [2.24, 2.45) is 5.92 Å². The zero-order chi connectivity index (χ0) is 8.55. The Kier molecular flexibility index (Phi) is 2.18. The molecule has 2 nitrogen and oxygen atoms in total. The predicted octanol–water partition coefficient (Wildman–Crippen LogP) is 1.45. The number of nitrogens with zero attached hydrogens (tertiary/aromatic N) is 1. The van der Waals surface area contributed by atoms with E-state index in [1.165, 1.54) is 19.3 Å². The van der Waals surface area contributed by atoms with Crippen LogP contribution in [0, 0.1) is 5.92 Å². The highest BCUT2D eigenvalue weighted by molar-refractivity contribution is 5.82. The average Bonchev–Trinajstić information content (AvgIpc) is 2.12. The molecule has 1 aliphatic heterocycles. The van der Waals surface area contributed by atoms with Crippen molar-refractivity contribution in [2.45, 2.75) is 38.1 Å². The van der Waals surface area contributed by atoms with Crippen LogP contribution in [-0.4, -0.2) is 30.3 Å². The second-order valence-electron chi connectivity index (χ2n) is 4.16. The summed E-state index contributed by atoms with van der Waals surface area (Å²) in [7, 11) is 2.16. The molecule has 2 rings (SSSR count). The fourth-order valence-corrected chi connectivity index (χ4v) is 2.65. The highest BCUT2D eigenvalue weighted by Gasteiger charge is 2.36. The van der Waals surface area contributed by atoms with Gasteiger partial charge in [0.2, 0.25) is 0 Å². The van der Waals surface area contributed by atoms with Crippen molar-refractivity contribution in [3.63, 3.8) is 0 Å². The first-order chi connectivity index (χ1) is 5.79. The molecule has 68 valence electrons. The van der Waals surface area contributed by atoms with Crippen molar-refractivity contribution in [3.05, 3.63) is 0 Å². The van der Waals surface area contributed by atoms with Gasteiger partial charge in [-0.25, -0.2) is 0 Å². The summed E-state index contributed by atoms with van der Waals surface area (Å²) in [6.07, 6.45) is 5.76. The lowest BCUT2D eigenvalue weighted by Gasteiger charge is -2.41. The summed E-state index contributed by atoms with van der Waals surface area (Å²) in [5.41, 5.74) is 0. The van der Waals surface area contributed by atoms with E-state index in [9.17, 15) is 4.79 Å². The molecule has 0 N–H and O–H groups in total. The molecule has 2 heteroatoms. The summed E-state index contributed by atoms with van der Waals surface area (Å²) in [4.78, 5) is 13.9. The van der Waals surface area contributed by atoms with Crippen LogP contribution in [0.1, 0.15) is 32.1 Å². The van der Waals surface area contributed by atoms with Crippen LogP contribution in [0.4, 0.5) is 0 Å². The van der Waals surface area contributed by atoms with Gasteiger partial charge in [0.1, 0.15) is 5.78 Å². The summed E-state index contributed by atoms with van der Waals surface area (Å²) < 4.78 is 0. The summed E-state index contributed by atoms with van der Waals surface area (Å²) in [5.74, 6) is 0.912. The molecule has 2 fully saturated rings. The molecule has 1 saturated carbocycles. The van der Waals surface area contributed by atoms with E-state index in [1.807, 2.05) is 0 Å². The molecule has 1 heterocycles. The number of rotatable bonds is 0. The molecule has 0 radical (unpaired) electrons. The molecule has 2 aliphatic rings. The Hall–Kier alpha value is -0.370. The number of hydrogen-bond donors (Lipinski definition) is 0. The van der Waals surface area contributed by atoms with E-state index in [2.05, 4.69) is 11.9 Å². The number of ketones is 1. The van der Waals surface area contributed by atoms with Crippen molar-refractivity contribution in [1.82, 2.24) is 4.90 Å². The highest BCUT2D eigenvalue weighted by atomic mass is 16.1. The van der Waals surface area contributed by atoms with Crippen LogP contribution in [0.15, 0.2) is 0 Å². The van der Waals surface area contributed by atoms with E-state index in [-0.39, 0.29) is 0 Å². The van der Waals surface area contributed by atoms with Gasteiger partial charge in [-0.15, -0.1) is 0 Å². The SMILES string of the molecule is CN1CCC(=O)[C@H]2CCCC[C@H]21. The first-order valence-electron chi connectivity index (χ1n) is 5.02. The average molecular weight is 167 g/mol. The van der Waals surface area contributed by atoms with Gasteiger partial charge in [0.15, 0.2) is 0 Å². The topological polar surface area (TPSA) is 20.3 Å². The zero-order valence-electron chi connectivity index (χ0n) is 7.75. The number of hydrogen-bond acceptors (Lipinski definition) is 2. The maximum absolute atomic E-state index is 11.5. The molecule has 0 unspecified atom stereocenters. The molecule has 0 aromatic carbocycles. The standard InChI is InChI=1S/C10H17NO/c1-11-7-6-10(12)8-4-2-3-5-9(8)11/h8-9H,2-7H2,1H3/t8-,9+/m0/s1. The molecule has 1 saturated heterocycles. The fourth-order valence-electron chi connectivity index (χ4n) is 2.65. The second kappa shape index (κ2) is 3.17. The largest absolute Gasteiger partial charge is 0.302 e. The maximum atomic E-state index is 11.5. The second-order valence-corrected chi connectivity index (χ2v) is 4.16. The smallest absolute Gasteiger partial charge is 0.138 e. The molecule has 0 spiro atoms. The lowest BCUT2D eigenvalue weighted by atomic mass is 9.78.